The minimum Gasteiger partial charge on any atom is -0.479 e. The van der Waals surface area contributed by atoms with Gasteiger partial charge in [-0.05, 0) is 12.3 Å². The van der Waals surface area contributed by atoms with E-state index in [0.717, 1.165) is 0 Å². The molecule has 0 aromatic carbocycles. The fourth-order valence-electron chi connectivity index (χ4n) is 1.31. The van der Waals surface area contributed by atoms with Crippen molar-refractivity contribution >= 4 is 11.9 Å². The summed E-state index contributed by atoms with van der Waals surface area (Å²) in [6, 6.07) is 0. The van der Waals surface area contributed by atoms with Gasteiger partial charge in [0.15, 0.2) is 6.10 Å². The SMILES string of the molecule is C[C@@H]1C[C@H](C(N)=O)O[C@H]1C(=O)O. The molecule has 1 saturated heterocycles. The molecule has 0 aromatic rings. The van der Waals surface area contributed by atoms with Gasteiger partial charge in [-0.2, -0.15) is 0 Å². The summed E-state index contributed by atoms with van der Waals surface area (Å²) in [5.41, 5.74) is 4.97. The highest BCUT2D eigenvalue weighted by Crippen LogP contribution is 2.25. The maximum absolute atomic E-state index is 10.6. The summed E-state index contributed by atoms with van der Waals surface area (Å²) in [6.07, 6.45) is -1.23. The van der Waals surface area contributed by atoms with Gasteiger partial charge in [0.2, 0.25) is 5.91 Å². The van der Waals surface area contributed by atoms with Crippen LogP contribution in [0.25, 0.3) is 0 Å². The Labute approximate surface area is 69.5 Å². The van der Waals surface area contributed by atoms with Gasteiger partial charge in [-0.1, -0.05) is 6.92 Å². The first kappa shape index (κ1) is 8.99. The minimum absolute atomic E-state index is 0.153. The molecule has 3 N–H and O–H groups in total. The number of amides is 1. The van der Waals surface area contributed by atoms with Crippen molar-refractivity contribution in [2.45, 2.75) is 25.6 Å². The fraction of sp³-hybridized carbons (Fsp3) is 0.714. The maximum Gasteiger partial charge on any atom is 0.333 e. The van der Waals surface area contributed by atoms with Gasteiger partial charge in [0, 0.05) is 0 Å². The first-order valence-corrected chi connectivity index (χ1v) is 3.70. The van der Waals surface area contributed by atoms with E-state index in [2.05, 4.69) is 0 Å². The fourth-order valence-corrected chi connectivity index (χ4v) is 1.31. The molecule has 1 fully saturated rings. The van der Waals surface area contributed by atoms with Crippen molar-refractivity contribution < 1.29 is 19.4 Å². The molecule has 0 spiro atoms. The predicted molar refractivity (Wildman–Crippen MR) is 39.3 cm³/mol. The van der Waals surface area contributed by atoms with Crippen molar-refractivity contribution in [2.75, 3.05) is 0 Å². The average Bonchev–Trinajstić information content (AvgIpc) is 2.30. The summed E-state index contributed by atoms with van der Waals surface area (Å²) in [4.78, 5) is 21.1. The van der Waals surface area contributed by atoms with Gasteiger partial charge in [-0.25, -0.2) is 4.79 Å². The summed E-state index contributed by atoms with van der Waals surface area (Å²) >= 11 is 0. The summed E-state index contributed by atoms with van der Waals surface area (Å²) < 4.78 is 4.92. The average molecular weight is 173 g/mol. The van der Waals surface area contributed by atoms with E-state index in [0.29, 0.717) is 6.42 Å². The lowest BCUT2D eigenvalue weighted by molar-refractivity contribution is -0.152. The Kier molecular flexibility index (Phi) is 2.32. The van der Waals surface area contributed by atoms with Crippen molar-refractivity contribution in [1.29, 1.82) is 0 Å². The van der Waals surface area contributed by atoms with Crippen molar-refractivity contribution in [3.05, 3.63) is 0 Å². The number of carbonyl (C=O) groups is 2. The molecule has 68 valence electrons. The number of carbonyl (C=O) groups excluding carboxylic acids is 1. The Bertz CT molecular complexity index is 215. The quantitative estimate of drug-likeness (QED) is 0.580. The lowest BCUT2D eigenvalue weighted by atomic mass is 10.0. The van der Waals surface area contributed by atoms with Gasteiger partial charge in [0.25, 0.3) is 0 Å². The lowest BCUT2D eigenvalue weighted by Crippen LogP contribution is -2.30. The van der Waals surface area contributed by atoms with E-state index in [-0.39, 0.29) is 5.92 Å². The summed E-state index contributed by atoms with van der Waals surface area (Å²) in [5.74, 6) is -1.78. The topological polar surface area (TPSA) is 89.6 Å². The number of carboxylic acids is 1. The zero-order valence-corrected chi connectivity index (χ0v) is 6.69. The largest absolute Gasteiger partial charge is 0.479 e. The normalized spacial score (nSPS) is 34.9. The molecule has 12 heavy (non-hydrogen) atoms. The van der Waals surface area contributed by atoms with Gasteiger partial charge in [-0.3, -0.25) is 4.79 Å². The Morgan fingerprint density at radius 1 is 1.58 bits per heavy atom. The Morgan fingerprint density at radius 2 is 2.17 bits per heavy atom. The highest BCUT2D eigenvalue weighted by Gasteiger charge is 2.39. The van der Waals surface area contributed by atoms with Gasteiger partial charge >= 0.3 is 5.97 Å². The highest BCUT2D eigenvalue weighted by atomic mass is 16.5. The van der Waals surface area contributed by atoms with E-state index in [1.165, 1.54) is 0 Å². The molecule has 1 aliphatic heterocycles. The van der Waals surface area contributed by atoms with Crippen LogP contribution >= 0.6 is 0 Å². The standard InChI is InChI=1S/C7H11NO4/c1-3-2-4(6(8)9)12-5(3)7(10)11/h3-5H,2H2,1H3,(H2,8,9)(H,10,11)/t3-,4-,5-/m1/s1. The Morgan fingerprint density at radius 3 is 2.42 bits per heavy atom. The summed E-state index contributed by atoms with van der Waals surface area (Å²) in [6.45, 7) is 1.72. The van der Waals surface area contributed by atoms with Crippen LogP contribution < -0.4 is 5.73 Å². The van der Waals surface area contributed by atoms with Crippen LogP contribution in [0.4, 0.5) is 0 Å². The second kappa shape index (κ2) is 3.10. The first-order chi connectivity index (χ1) is 5.52. The van der Waals surface area contributed by atoms with Crippen LogP contribution in [-0.4, -0.2) is 29.2 Å². The molecular weight excluding hydrogens is 162 g/mol. The number of carboxylic acid groups (broad SMARTS) is 1. The monoisotopic (exact) mass is 173 g/mol. The second-order valence-corrected chi connectivity index (χ2v) is 3.00. The van der Waals surface area contributed by atoms with Crippen molar-refractivity contribution in [3.8, 4) is 0 Å². The molecule has 1 rings (SSSR count). The summed E-state index contributed by atoms with van der Waals surface area (Å²) in [7, 11) is 0. The van der Waals surface area contributed by atoms with Crippen LogP contribution in [0.2, 0.25) is 0 Å². The van der Waals surface area contributed by atoms with Crippen LogP contribution in [0.3, 0.4) is 0 Å². The summed E-state index contributed by atoms with van der Waals surface area (Å²) in [5, 5.41) is 8.61. The number of hydrogen-bond donors (Lipinski definition) is 2. The molecule has 5 heteroatoms. The molecule has 0 unspecified atom stereocenters. The van der Waals surface area contributed by atoms with E-state index < -0.39 is 24.1 Å². The van der Waals surface area contributed by atoms with Crippen molar-refractivity contribution in [1.82, 2.24) is 0 Å². The van der Waals surface area contributed by atoms with Crippen LogP contribution in [0, 0.1) is 5.92 Å². The van der Waals surface area contributed by atoms with Gasteiger partial charge in [0.1, 0.15) is 6.10 Å². The second-order valence-electron chi connectivity index (χ2n) is 3.00. The molecule has 0 radical (unpaired) electrons. The molecule has 3 atom stereocenters. The number of aliphatic carboxylic acids is 1. The minimum atomic E-state index is -1.04. The molecule has 1 amide bonds. The smallest absolute Gasteiger partial charge is 0.333 e. The van der Waals surface area contributed by atoms with Crippen LogP contribution in [0.5, 0.6) is 0 Å². The predicted octanol–water partition coefficient (Wildman–Crippen LogP) is -0.650. The third-order valence-electron chi connectivity index (χ3n) is 1.97. The van der Waals surface area contributed by atoms with Crippen LogP contribution in [0.1, 0.15) is 13.3 Å². The lowest BCUT2D eigenvalue weighted by Gasteiger charge is -2.07. The molecule has 1 heterocycles. The number of nitrogens with two attached hydrogens (primary N) is 1. The van der Waals surface area contributed by atoms with Gasteiger partial charge in [-0.15, -0.1) is 0 Å². The molecule has 1 aliphatic rings. The zero-order chi connectivity index (χ0) is 9.30. The van der Waals surface area contributed by atoms with E-state index in [1.807, 2.05) is 0 Å². The Hall–Kier alpha value is -1.10. The number of ether oxygens (including phenoxy) is 1. The molecule has 0 saturated carbocycles. The third-order valence-corrected chi connectivity index (χ3v) is 1.97. The number of rotatable bonds is 2. The third kappa shape index (κ3) is 1.55. The maximum atomic E-state index is 10.6. The van der Waals surface area contributed by atoms with Crippen LogP contribution in [-0.2, 0) is 14.3 Å². The molecule has 5 nitrogen and oxygen atoms in total. The van der Waals surface area contributed by atoms with E-state index in [4.69, 9.17) is 15.6 Å². The molecule has 0 bridgehead atoms. The number of hydrogen-bond acceptors (Lipinski definition) is 3. The van der Waals surface area contributed by atoms with E-state index in [9.17, 15) is 9.59 Å². The van der Waals surface area contributed by atoms with Crippen molar-refractivity contribution in [2.24, 2.45) is 11.7 Å². The number of primary amides is 1. The molecular formula is C7H11NO4. The zero-order valence-electron chi connectivity index (χ0n) is 6.69. The first-order valence-electron chi connectivity index (χ1n) is 3.70. The Balaban J connectivity index is 2.62. The van der Waals surface area contributed by atoms with Crippen molar-refractivity contribution in [3.63, 3.8) is 0 Å². The van der Waals surface area contributed by atoms with E-state index in [1.54, 1.807) is 6.92 Å². The molecule has 0 aromatic heterocycles. The van der Waals surface area contributed by atoms with Gasteiger partial charge < -0.3 is 15.6 Å². The van der Waals surface area contributed by atoms with E-state index >= 15 is 0 Å². The van der Waals surface area contributed by atoms with Gasteiger partial charge in [0.05, 0.1) is 0 Å². The van der Waals surface area contributed by atoms with Crippen LogP contribution in [0.15, 0.2) is 0 Å². The highest BCUT2D eigenvalue weighted by molar-refractivity contribution is 5.81. The molecule has 0 aliphatic carbocycles.